The first kappa shape index (κ1) is 18.4. The van der Waals surface area contributed by atoms with Crippen LogP contribution in [0.4, 0.5) is 5.69 Å². The van der Waals surface area contributed by atoms with Gasteiger partial charge in [-0.15, -0.1) is 0 Å². The molecule has 0 fully saturated rings. The molecule has 1 unspecified atom stereocenters. The molecule has 6 nitrogen and oxygen atoms in total. The third-order valence-corrected chi connectivity index (χ3v) is 4.60. The van der Waals surface area contributed by atoms with E-state index in [0.29, 0.717) is 35.4 Å². The lowest BCUT2D eigenvalue weighted by Crippen LogP contribution is -3.14. The van der Waals surface area contributed by atoms with Crippen molar-refractivity contribution >= 4 is 23.2 Å². The number of benzene rings is 2. The average Bonchev–Trinajstić information content (AvgIpc) is 3.10. The minimum Gasteiger partial charge on any atom is -0.488 e. The number of likely N-dealkylation sites (N-methyl/N-ethyl adjacent to an activating group) is 1. The molecule has 2 aromatic rings. The van der Waals surface area contributed by atoms with Crippen molar-refractivity contribution in [3.8, 4) is 17.2 Å². The van der Waals surface area contributed by atoms with E-state index < -0.39 is 0 Å². The van der Waals surface area contributed by atoms with E-state index in [1.807, 2.05) is 26.1 Å². The van der Waals surface area contributed by atoms with Gasteiger partial charge in [-0.1, -0.05) is 11.6 Å². The Hall–Kier alpha value is -2.44. The Labute approximate surface area is 157 Å². The summed E-state index contributed by atoms with van der Waals surface area (Å²) in [6.07, 6.45) is 0. The summed E-state index contributed by atoms with van der Waals surface area (Å²) in [5, 5.41) is 3.59. The van der Waals surface area contributed by atoms with Crippen LogP contribution >= 0.6 is 11.6 Å². The van der Waals surface area contributed by atoms with E-state index in [2.05, 4.69) is 5.32 Å². The van der Waals surface area contributed by atoms with Crippen molar-refractivity contribution in [2.75, 3.05) is 32.3 Å². The number of carbonyl (C=O) groups excluding carboxylic acids is 1. The molecule has 26 heavy (non-hydrogen) atoms. The van der Waals surface area contributed by atoms with Gasteiger partial charge in [0.25, 0.3) is 5.91 Å². The topological polar surface area (TPSA) is 61.2 Å². The van der Waals surface area contributed by atoms with E-state index in [9.17, 15) is 4.79 Å². The Morgan fingerprint density at radius 2 is 1.96 bits per heavy atom. The Kier molecular flexibility index (Phi) is 5.85. The fourth-order valence-corrected chi connectivity index (χ4v) is 2.65. The predicted molar refractivity (Wildman–Crippen MR) is 99.4 cm³/mol. The highest BCUT2D eigenvalue weighted by molar-refractivity contribution is 6.30. The number of hydrogen-bond acceptors (Lipinski definition) is 4. The van der Waals surface area contributed by atoms with Crippen LogP contribution in [0.25, 0.3) is 0 Å². The molecule has 0 saturated carbocycles. The van der Waals surface area contributed by atoms with Crippen molar-refractivity contribution < 1.29 is 23.9 Å². The van der Waals surface area contributed by atoms with E-state index in [1.165, 1.54) is 0 Å². The highest BCUT2D eigenvalue weighted by Gasteiger charge is 2.22. The molecule has 7 heteroatoms. The summed E-state index contributed by atoms with van der Waals surface area (Å²) in [6, 6.07) is 12.4. The predicted octanol–water partition coefficient (Wildman–Crippen LogP) is 1.99. The normalized spacial score (nSPS) is 14.6. The Morgan fingerprint density at radius 3 is 2.73 bits per heavy atom. The monoisotopic (exact) mass is 377 g/mol. The number of hydrogen-bond donors (Lipinski definition) is 2. The molecule has 138 valence electrons. The highest BCUT2D eigenvalue weighted by Crippen LogP contribution is 2.34. The molecule has 0 aromatic heterocycles. The van der Waals surface area contributed by atoms with Crippen LogP contribution in [0, 0.1) is 0 Å². The van der Waals surface area contributed by atoms with Gasteiger partial charge in [0.15, 0.2) is 17.5 Å². The molecule has 0 aliphatic carbocycles. The summed E-state index contributed by atoms with van der Waals surface area (Å²) in [4.78, 5) is 13.5. The van der Waals surface area contributed by atoms with E-state index in [-0.39, 0.29) is 18.7 Å². The summed E-state index contributed by atoms with van der Waals surface area (Å²) in [5.74, 6) is 2.04. The van der Waals surface area contributed by atoms with Crippen molar-refractivity contribution in [1.82, 2.24) is 0 Å². The molecule has 1 amide bonds. The number of anilines is 1. The van der Waals surface area contributed by atoms with Crippen LogP contribution in [0.2, 0.25) is 5.02 Å². The lowest BCUT2D eigenvalue weighted by Gasteiger charge is -2.21. The summed E-state index contributed by atoms with van der Waals surface area (Å²) in [7, 11) is 1.97. The minimum absolute atomic E-state index is 0.0622. The third-order valence-electron chi connectivity index (χ3n) is 4.35. The first-order valence-corrected chi connectivity index (χ1v) is 8.82. The molecule has 0 saturated heterocycles. The second-order valence-electron chi connectivity index (χ2n) is 6.18. The number of rotatable bonds is 7. The minimum atomic E-state index is -0.228. The zero-order chi connectivity index (χ0) is 18.5. The average molecular weight is 378 g/mol. The van der Waals surface area contributed by atoms with Crippen molar-refractivity contribution in [2.45, 2.75) is 13.0 Å². The smallest absolute Gasteiger partial charge is 0.282 e. The fraction of sp³-hybridized carbons (Fsp3) is 0.316. The van der Waals surface area contributed by atoms with Crippen LogP contribution < -0.4 is 24.4 Å². The summed E-state index contributed by atoms with van der Waals surface area (Å²) in [6.45, 7) is 3.30. The number of halogens is 1. The maximum atomic E-state index is 12.5. The van der Waals surface area contributed by atoms with Gasteiger partial charge in [0.1, 0.15) is 18.9 Å². The Bertz CT molecular complexity index is 767. The van der Waals surface area contributed by atoms with E-state index in [1.54, 1.807) is 30.3 Å². The van der Waals surface area contributed by atoms with E-state index >= 15 is 0 Å². The molecule has 1 aliphatic heterocycles. The molecule has 1 aliphatic rings. The maximum absolute atomic E-state index is 12.5. The number of carbonyl (C=O) groups is 1. The lowest BCUT2D eigenvalue weighted by molar-refractivity contribution is -0.894. The van der Waals surface area contributed by atoms with Gasteiger partial charge in [-0.2, -0.15) is 0 Å². The second kappa shape index (κ2) is 8.29. The first-order valence-electron chi connectivity index (χ1n) is 8.44. The van der Waals surface area contributed by atoms with Crippen LogP contribution in [-0.2, 0) is 4.79 Å². The number of ether oxygens (including phenoxy) is 3. The van der Waals surface area contributed by atoms with Crippen molar-refractivity contribution in [3.05, 3.63) is 47.5 Å². The van der Waals surface area contributed by atoms with Gasteiger partial charge in [-0.05, 0) is 43.3 Å². The van der Waals surface area contributed by atoms with Gasteiger partial charge in [0.05, 0.1) is 7.05 Å². The summed E-state index contributed by atoms with van der Waals surface area (Å²) < 4.78 is 16.3. The standard InChI is InChI=1S/C19H21ClN2O4/c1-13(22(2)9-10-24-16-6-3-14(20)4-7-16)19(23)21-15-5-8-17-18(11-15)26-12-25-17/h3-8,11,13H,9-10,12H2,1-2H3,(H,21,23)/p+1/t13-/m1/s1. The number of quaternary nitrogens is 1. The van der Waals surface area contributed by atoms with Crippen LogP contribution in [0.15, 0.2) is 42.5 Å². The van der Waals surface area contributed by atoms with Gasteiger partial charge in [0, 0.05) is 16.8 Å². The summed E-state index contributed by atoms with van der Waals surface area (Å²) >= 11 is 5.85. The van der Waals surface area contributed by atoms with Gasteiger partial charge < -0.3 is 24.4 Å². The summed E-state index contributed by atoms with van der Waals surface area (Å²) in [5.41, 5.74) is 0.691. The molecule has 0 spiro atoms. The largest absolute Gasteiger partial charge is 0.488 e. The van der Waals surface area contributed by atoms with Gasteiger partial charge in [0.2, 0.25) is 6.79 Å². The van der Waals surface area contributed by atoms with Crippen molar-refractivity contribution in [2.24, 2.45) is 0 Å². The zero-order valence-electron chi connectivity index (χ0n) is 14.8. The van der Waals surface area contributed by atoms with Gasteiger partial charge in [-0.3, -0.25) is 4.79 Å². The Morgan fingerprint density at radius 1 is 1.23 bits per heavy atom. The maximum Gasteiger partial charge on any atom is 0.282 e. The van der Waals surface area contributed by atoms with Crippen LogP contribution in [0.1, 0.15) is 6.92 Å². The highest BCUT2D eigenvalue weighted by atomic mass is 35.5. The second-order valence-corrected chi connectivity index (χ2v) is 6.61. The van der Waals surface area contributed by atoms with E-state index in [0.717, 1.165) is 10.6 Å². The molecule has 2 N–H and O–H groups in total. The third kappa shape index (κ3) is 4.59. The van der Waals surface area contributed by atoms with Gasteiger partial charge in [-0.25, -0.2) is 0 Å². The molecule has 0 radical (unpaired) electrons. The molecule has 2 aromatic carbocycles. The Balaban J connectivity index is 1.47. The van der Waals surface area contributed by atoms with Crippen LogP contribution in [0.3, 0.4) is 0 Å². The van der Waals surface area contributed by atoms with E-state index in [4.69, 9.17) is 25.8 Å². The number of amides is 1. The van der Waals surface area contributed by atoms with Crippen molar-refractivity contribution in [3.63, 3.8) is 0 Å². The molecular formula is C19H22ClN2O4+. The fourth-order valence-electron chi connectivity index (χ4n) is 2.53. The molecule has 2 atom stereocenters. The molecule has 0 bridgehead atoms. The van der Waals surface area contributed by atoms with Crippen LogP contribution in [-0.4, -0.2) is 38.9 Å². The first-order chi connectivity index (χ1) is 12.5. The lowest BCUT2D eigenvalue weighted by atomic mass is 10.2. The van der Waals surface area contributed by atoms with Gasteiger partial charge >= 0.3 is 0 Å². The molecule has 3 rings (SSSR count). The SMILES string of the molecule is C[C@H](C(=O)Nc1ccc2c(c1)OCO2)[NH+](C)CCOc1ccc(Cl)cc1. The number of fused-ring (bicyclic) bond motifs is 1. The molecule has 1 heterocycles. The zero-order valence-corrected chi connectivity index (χ0v) is 15.5. The van der Waals surface area contributed by atoms with Crippen molar-refractivity contribution in [1.29, 1.82) is 0 Å². The number of nitrogens with one attached hydrogen (secondary N) is 2. The van der Waals surface area contributed by atoms with Crippen LogP contribution in [0.5, 0.6) is 17.2 Å². The molecular weight excluding hydrogens is 356 g/mol. The quantitative estimate of drug-likeness (QED) is 0.774.